The topological polar surface area (TPSA) is 41.9 Å². The molecule has 1 atom stereocenters. The zero-order valence-electron chi connectivity index (χ0n) is 16.3. The number of hydrogen-bond acceptors (Lipinski definition) is 4. The Labute approximate surface area is 177 Å². The average Bonchev–Trinajstić information content (AvgIpc) is 3.20. The predicted molar refractivity (Wildman–Crippen MR) is 114 cm³/mol. The standard InChI is InChI=1S/C23H18F2N2O2S/c1-14-13-16(9-12-19(14)25)22(28)27-23(18-5-3-4-6-20(18)29-2)30-21(26-27)15-7-10-17(24)11-8-15/h3-13,23H,1-2H3. The first-order valence-electron chi connectivity index (χ1n) is 9.22. The minimum Gasteiger partial charge on any atom is -0.496 e. The fourth-order valence-electron chi connectivity index (χ4n) is 3.18. The van der Waals surface area contributed by atoms with Gasteiger partial charge in [0.2, 0.25) is 0 Å². The summed E-state index contributed by atoms with van der Waals surface area (Å²) in [6.45, 7) is 1.61. The molecule has 0 fully saturated rings. The number of aryl methyl sites for hydroxylation is 1. The number of ether oxygens (including phenoxy) is 1. The summed E-state index contributed by atoms with van der Waals surface area (Å²) < 4.78 is 32.5. The zero-order valence-corrected chi connectivity index (χ0v) is 17.1. The van der Waals surface area contributed by atoms with Crippen molar-refractivity contribution in [3.05, 3.63) is 101 Å². The highest BCUT2D eigenvalue weighted by Crippen LogP contribution is 2.45. The predicted octanol–water partition coefficient (Wildman–Crippen LogP) is 5.53. The van der Waals surface area contributed by atoms with Crippen molar-refractivity contribution in [3.8, 4) is 5.75 Å². The van der Waals surface area contributed by atoms with E-state index in [4.69, 9.17) is 4.74 Å². The Kier molecular flexibility index (Phi) is 5.55. The van der Waals surface area contributed by atoms with Gasteiger partial charge in [0.05, 0.1) is 7.11 Å². The van der Waals surface area contributed by atoms with E-state index in [2.05, 4.69) is 5.10 Å². The van der Waals surface area contributed by atoms with Gasteiger partial charge in [-0.2, -0.15) is 5.10 Å². The molecule has 3 aromatic carbocycles. The van der Waals surface area contributed by atoms with E-state index in [0.29, 0.717) is 27.5 Å². The van der Waals surface area contributed by atoms with E-state index in [0.717, 1.165) is 5.56 Å². The lowest BCUT2D eigenvalue weighted by atomic mass is 10.1. The van der Waals surface area contributed by atoms with Crippen molar-refractivity contribution >= 4 is 22.7 Å². The molecule has 0 bridgehead atoms. The summed E-state index contributed by atoms with van der Waals surface area (Å²) in [6, 6.07) is 17.6. The number of thioether (sulfide) groups is 1. The summed E-state index contributed by atoms with van der Waals surface area (Å²) in [4.78, 5) is 13.3. The molecule has 30 heavy (non-hydrogen) atoms. The summed E-state index contributed by atoms with van der Waals surface area (Å²) in [5, 5.41) is 6.00. The van der Waals surface area contributed by atoms with Crippen LogP contribution in [0.4, 0.5) is 8.78 Å². The fourth-order valence-corrected chi connectivity index (χ4v) is 4.36. The maximum absolute atomic E-state index is 13.7. The summed E-state index contributed by atoms with van der Waals surface area (Å²) in [7, 11) is 1.57. The minimum absolute atomic E-state index is 0.332. The number of benzene rings is 3. The summed E-state index contributed by atoms with van der Waals surface area (Å²) in [6.07, 6.45) is 0. The lowest BCUT2D eigenvalue weighted by molar-refractivity contribution is 0.0748. The molecule has 0 radical (unpaired) electrons. The van der Waals surface area contributed by atoms with Crippen LogP contribution >= 0.6 is 11.8 Å². The molecule has 1 aliphatic rings. The molecule has 0 aliphatic carbocycles. The van der Waals surface area contributed by atoms with Crippen molar-refractivity contribution in [3.63, 3.8) is 0 Å². The van der Waals surface area contributed by atoms with Gasteiger partial charge >= 0.3 is 0 Å². The second-order valence-corrected chi connectivity index (χ2v) is 7.81. The lowest BCUT2D eigenvalue weighted by Crippen LogP contribution is -2.26. The lowest BCUT2D eigenvalue weighted by Gasteiger charge is -2.23. The Morgan fingerprint density at radius 2 is 1.80 bits per heavy atom. The smallest absolute Gasteiger partial charge is 0.275 e. The molecule has 3 aromatic rings. The molecular formula is C23H18F2N2O2S. The highest BCUT2D eigenvalue weighted by Gasteiger charge is 2.36. The molecule has 0 spiro atoms. The van der Waals surface area contributed by atoms with E-state index in [9.17, 15) is 13.6 Å². The number of carbonyl (C=O) groups is 1. The third kappa shape index (κ3) is 3.80. The second-order valence-electron chi connectivity index (χ2n) is 6.74. The molecule has 1 amide bonds. The Bertz CT molecular complexity index is 1130. The van der Waals surface area contributed by atoms with E-state index in [1.807, 2.05) is 24.3 Å². The van der Waals surface area contributed by atoms with Crippen molar-refractivity contribution in [2.24, 2.45) is 5.10 Å². The number of nitrogens with zero attached hydrogens (tertiary/aromatic N) is 2. The van der Waals surface area contributed by atoms with E-state index in [1.54, 1.807) is 26.2 Å². The quantitative estimate of drug-likeness (QED) is 0.553. The Hall–Kier alpha value is -3.19. The molecule has 1 unspecified atom stereocenters. The third-order valence-electron chi connectivity index (χ3n) is 4.75. The number of methoxy groups -OCH3 is 1. The van der Waals surface area contributed by atoms with E-state index < -0.39 is 5.37 Å². The SMILES string of the molecule is COc1ccccc1C1SC(c2ccc(F)cc2)=NN1C(=O)c1ccc(F)c(C)c1. The van der Waals surface area contributed by atoms with Crippen molar-refractivity contribution in [2.45, 2.75) is 12.3 Å². The summed E-state index contributed by atoms with van der Waals surface area (Å²) >= 11 is 1.37. The summed E-state index contributed by atoms with van der Waals surface area (Å²) in [5.74, 6) is -0.463. The molecule has 152 valence electrons. The van der Waals surface area contributed by atoms with Gasteiger partial charge in [0.1, 0.15) is 27.8 Å². The Morgan fingerprint density at radius 3 is 2.50 bits per heavy atom. The highest BCUT2D eigenvalue weighted by molar-refractivity contribution is 8.14. The van der Waals surface area contributed by atoms with Crippen LogP contribution in [0.15, 0.2) is 71.8 Å². The van der Waals surface area contributed by atoms with Gasteiger partial charge in [0.25, 0.3) is 5.91 Å². The average molecular weight is 424 g/mol. The molecule has 7 heteroatoms. The maximum Gasteiger partial charge on any atom is 0.275 e. The number of rotatable bonds is 4. The number of hydrogen-bond donors (Lipinski definition) is 0. The van der Waals surface area contributed by atoms with Crippen molar-refractivity contribution in [2.75, 3.05) is 7.11 Å². The van der Waals surface area contributed by atoms with Gasteiger partial charge in [-0.05, 0) is 61.0 Å². The van der Waals surface area contributed by atoms with Crippen LogP contribution in [-0.4, -0.2) is 23.1 Å². The van der Waals surface area contributed by atoms with Crippen LogP contribution in [0, 0.1) is 18.6 Å². The number of halogens is 2. The molecule has 0 saturated carbocycles. The number of carbonyl (C=O) groups excluding carboxylic acids is 1. The van der Waals surface area contributed by atoms with Gasteiger partial charge in [-0.15, -0.1) is 0 Å². The van der Waals surface area contributed by atoms with Crippen molar-refractivity contribution in [1.29, 1.82) is 0 Å². The van der Waals surface area contributed by atoms with E-state index in [1.165, 1.54) is 47.1 Å². The van der Waals surface area contributed by atoms with Gasteiger partial charge in [-0.25, -0.2) is 13.8 Å². The molecule has 4 rings (SSSR count). The first-order chi connectivity index (χ1) is 14.5. The van der Waals surface area contributed by atoms with Crippen molar-refractivity contribution in [1.82, 2.24) is 5.01 Å². The molecule has 0 aromatic heterocycles. The van der Waals surface area contributed by atoms with Crippen LogP contribution in [0.2, 0.25) is 0 Å². The van der Waals surface area contributed by atoms with E-state index in [-0.39, 0.29) is 17.5 Å². The molecule has 1 aliphatic heterocycles. The molecule has 0 saturated heterocycles. The highest BCUT2D eigenvalue weighted by atomic mass is 32.2. The van der Waals surface area contributed by atoms with Gasteiger partial charge < -0.3 is 4.74 Å². The molecular weight excluding hydrogens is 406 g/mol. The van der Waals surface area contributed by atoms with Crippen LogP contribution in [0.5, 0.6) is 5.75 Å². The molecule has 0 N–H and O–H groups in total. The van der Waals surface area contributed by atoms with Gasteiger partial charge in [-0.1, -0.05) is 30.0 Å². The normalized spacial score (nSPS) is 15.8. The van der Waals surface area contributed by atoms with Crippen LogP contribution in [0.1, 0.15) is 32.4 Å². The number of para-hydroxylation sites is 1. The number of hydrazone groups is 1. The monoisotopic (exact) mass is 424 g/mol. The van der Waals surface area contributed by atoms with Crippen molar-refractivity contribution < 1.29 is 18.3 Å². The molecule has 1 heterocycles. The first-order valence-corrected chi connectivity index (χ1v) is 10.1. The van der Waals surface area contributed by atoms with Gasteiger partial charge in [0, 0.05) is 16.7 Å². The summed E-state index contributed by atoms with van der Waals surface area (Å²) in [5.41, 5.74) is 2.19. The maximum atomic E-state index is 13.7. The van der Waals surface area contributed by atoms with Gasteiger partial charge in [-0.3, -0.25) is 4.79 Å². The van der Waals surface area contributed by atoms with E-state index >= 15 is 0 Å². The Morgan fingerprint density at radius 1 is 1.07 bits per heavy atom. The Balaban J connectivity index is 1.77. The van der Waals surface area contributed by atoms with Crippen LogP contribution in [-0.2, 0) is 0 Å². The fraction of sp³-hybridized carbons (Fsp3) is 0.130. The zero-order chi connectivity index (χ0) is 21.3. The first kappa shape index (κ1) is 20.1. The van der Waals surface area contributed by atoms with Gasteiger partial charge in [0.15, 0.2) is 0 Å². The largest absolute Gasteiger partial charge is 0.496 e. The second kappa shape index (κ2) is 8.28. The molecule has 4 nitrogen and oxygen atoms in total. The van der Waals surface area contributed by atoms with Crippen LogP contribution in [0.25, 0.3) is 0 Å². The van der Waals surface area contributed by atoms with Crippen LogP contribution in [0.3, 0.4) is 0 Å². The van der Waals surface area contributed by atoms with Crippen LogP contribution < -0.4 is 4.74 Å². The third-order valence-corrected chi connectivity index (χ3v) is 5.97. The minimum atomic E-state index is -0.487. The number of amides is 1.